The van der Waals surface area contributed by atoms with Gasteiger partial charge in [-0.3, -0.25) is 9.89 Å². The number of aromatic nitrogens is 2. The summed E-state index contributed by atoms with van der Waals surface area (Å²) in [6.45, 7) is 1.80. The molecule has 0 aliphatic heterocycles. The minimum absolute atomic E-state index is 0.246. The van der Waals surface area contributed by atoms with E-state index in [2.05, 4.69) is 15.5 Å². The zero-order chi connectivity index (χ0) is 16.9. The number of nitrogens with one attached hydrogen (secondary N) is 2. The van der Waals surface area contributed by atoms with Crippen LogP contribution in [0.2, 0.25) is 0 Å². The summed E-state index contributed by atoms with van der Waals surface area (Å²) in [4.78, 5) is 12.5. The highest BCUT2D eigenvalue weighted by molar-refractivity contribution is 7.08. The fraction of sp³-hybridized carbons (Fsp3) is 0.222. The second kappa shape index (κ2) is 7.42. The molecular formula is C18H19N3O2S. The van der Waals surface area contributed by atoms with Crippen LogP contribution >= 0.6 is 11.3 Å². The fourth-order valence-corrected chi connectivity index (χ4v) is 3.14. The van der Waals surface area contributed by atoms with Gasteiger partial charge < -0.3 is 10.4 Å². The van der Waals surface area contributed by atoms with Crippen LogP contribution in [0.15, 0.2) is 53.4 Å². The topological polar surface area (TPSA) is 78.0 Å². The maximum Gasteiger partial charge on any atom is 0.255 e. The van der Waals surface area contributed by atoms with Crippen molar-refractivity contribution in [3.63, 3.8) is 0 Å². The van der Waals surface area contributed by atoms with Gasteiger partial charge in [0.15, 0.2) is 0 Å². The number of hydrogen-bond donors (Lipinski definition) is 3. The summed E-state index contributed by atoms with van der Waals surface area (Å²) in [5.41, 5.74) is 3.14. The van der Waals surface area contributed by atoms with Crippen LogP contribution in [-0.4, -0.2) is 33.4 Å². The fourth-order valence-electron chi connectivity index (χ4n) is 2.50. The van der Waals surface area contributed by atoms with E-state index in [1.165, 1.54) is 6.20 Å². The van der Waals surface area contributed by atoms with E-state index in [4.69, 9.17) is 0 Å². The summed E-state index contributed by atoms with van der Waals surface area (Å²) in [6, 6.07) is 11.3. The number of benzene rings is 1. The van der Waals surface area contributed by atoms with Crippen molar-refractivity contribution < 1.29 is 9.90 Å². The molecule has 124 valence electrons. The molecule has 0 saturated heterocycles. The Morgan fingerprint density at radius 1 is 1.33 bits per heavy atom. The molecule has 0 radical (unpaired) electrons. The number of thiophene rings is 1. The quantitative estimate of drug-likeness (QED) is 0.645. The van der Waals surface area contributed by atoms with Gasteiger partial charge >= 0.3 is 0 Å². The zero-order valence-corrected chi connectivity index (χ0v) is 14.1. The number of aromatic amines is 1. The van der Waals surface area contributed by atoms with Crippen LogP contribution in [-0.2, 0) is 6.42 Å². The number of carbonyl (C=O) groups excluding carboxylic acids is 1. The average Bonchev–Trinajstić information content (AvgIpc) is 3.26. The van der Waals surface area contributed by atoms with Crippen molar-refractivity contribution in [1.29, 1.82) is 0 Å². The van der Waals surface area contributed by atoms with Crippen molar-refractivity contribution in [2.45, 2.75) is 25.5 Å². The molecule has 2 atom stereocenters. The molecule has 3 N–H and O–H groups in total. The van der Waals surface area contributed by atoms with Crippen molar-refractivity contribution in [2.75, 3.05) is 0 Å². The second-order valence-corrected chi connectivity index (χ2v) is 6.47. The van der Waals surface area contributed by atoms with E-state index >= 15 is 0 Å². The molecular weight excluding hydrogens is 322 g/mol. The highest BCUT2D eigenvalue weighted by Gasteiger charge is 2.21. The summed E-state index contributed by atoms with van der Waals surface area (Å²) in [5, 5.41) is 23.9. The van der Waals surface area contributed by atoms with Crippen LogP contribution in [0.4, 0.5) is 0 Å². The number of hydrogen-bond acceptors (Lipinski definition) is 4. The number of rotatable bonds is 6. The van der Waals surface area contributed by atoms with E-state index < -0.39 is 6.10 Å². The van der Waals surface area contributed by atoms with Crippen molar-refractivity contribution in [3.8, 4) is 11.3 Å². The largest absolute Gasteiger partial charge is 0.391 e. The Labute approximate surface area is 144 Å². The third-order valence-corrected chi connectivity index (χ3v) is 4.60. The van der Waals surface area contributed by atoms with Crippen LogP contribution in [0.1, 0.15) is 22.8 Å². The molecule has 2 aromatic heterocycles. The van der Waals surface area contributed by atoms with Crippen molar-refractivity contribution in [2.24, 2.45) is 0 Å². The van der Waals surface area contributed by atoms with Crippen LogP contribution in [0.25, 0.3) is 11.3 Å². The number of carbonyl (C=O) groups is 1. The lowest BCUT2D eigenvalue weighted by Gasteiger charge is -2.20. The SMILES string of the molecule is C[C@H](NC(=O)c1cn[nH]c1-c1ccsc1)[C@H](O)Cc1ccccc1. The summed E-state index contributed by atoms with van der Waals surface area (Å²) >= 11 is 1.56. The Morgan fingerprint density at radius 2 is 2.12 bits per heavy atom. The molecule has 0 saturated carbocycles. The first-order valence-electron chi connectivity index (χ1n) is 7.74. The van der Waals surface area contributed by atoms with Crippen LogP contribution in [0.3, 0.4) is 0 Å². The standard InChI is InChI=1S/C18H19N3O2S/c1-12(16(22)9-13-5-3-2-4-6-13)20-18(23)15-10-19-21-17(15)14-7-8-24-11-14/h2-8,10-12,16,22H,9H2,1H3,(H,19,21)(H,20,23)/t12-,16+/m0/s1. The van der Waals surface area contributed by atoms with E-state index in [0.717, 1.165) is 11.1 Å². The van der Waals surface area contributed by atoms with Crippen molar-refractivity contribution >= 4 is 17.2 Å². The first-order chi connectivity index (χ1) is 11.6. The molecule has 1 amide bonds. The van der Waals surface area contributed by atoms with Gasteiger partial charge in [0.2, 0.25) is 0 Å². The molecule has 3 rings (SSSR count). The Balaban J connectivity index is 1.65. The molecule has 24 heavy (non-hydrogen) atoms. The molecule has 3 aromatic rings. The number of nitrogens with zero attached hydrogens (tertiary/aromatic N) is 1. The molecule has 2 heterocycles. The van der Waals surface area contributed by atoms with Gasteiger partial charge in [-0.25, -0.2) is 0 Å². The maximum absolute atomic E-state index is 12.5. The van der Waals surface area contributed by atoms with Gasteiger partial charge in [-0.15, -0.1) is 0 Å². The molecule has 0 bridgehead atoms. The Kier molecular flexibility index (Phi) is 5.08. The third-order valence-electron chi connectivity index (χ3n) is 3.92. The molecule has 5 nitrogen and oxygen atoms in total. The van der Waals surface area contributed by atoms with E-state index in [1.807, 2.05) is 47.2 Å². The summed E-state index contributed by atoms with van der Waals surface area (Å²) < 4.78 is 0. The lowest BCUT2D eigenvalue weighted by atomic mass is 10.0. The van der Waals surface area contributed by atoms with Gasteiger partial charge in [0.05, 0.1) is 29.6 Å². The highest BCUT2D eigenvalue weighted by Crippen LogP contribution is 2.23. The molecule has 0 unspecified atom stereocenters. The third kappa shape index (κ3) is 3.72. The molecule has 0 aliphatic carbocycles. The lowest BCUT2D eigenvalue weighted by Crippen LogP contribution is -2.42. The predicted octanol–water partition coefficient (Wildman–Crippen LogP) is 2.86. The maximum atomic E-state index is 12.5. The van der Waals surface area contributed by atoms with E-state index in [1.54, 1.807) is 18.3 Å². The second-order valence-electron chi connectivity index (χ2n) is 5.69. The van der Waals surface area contributed by atoms with Crippen LogP contribution < -0.4 is 5.32 Å². The first-order valence-corrected chi connectivity index (χ1v) is 8.68. The number of H-pyrrole nitrogens is 1. The Bertz CT molecular complexity index is 784. The monoisotopic (exact) mass is 341 g/mol. The average molecular weight is 341 g/mol. The Hall–Kier alpha value is -2.44. The molecule has 0 fully saturated rings. The number of aliphatic hydroxyl groups excluding tert-OH is 1. The smallest absolute Gasteiger partial charge is 0.255 e. The molecule has 1 aromatic carbocycles. The molecule has 6 heteroatoms. The molecule has 0 spiro atoms. The zero-order valence-electron chi connectivity index (χ0n) is 13.3. The Morgan fingerprint density at radius 3 is 2.83 bits per heavy atom. The lowest BCUT2D eigenvalue weighted by molar-refractivity contribution is 0.0852. The van der Waals surface area contributed by atoms with Gasteiger partial charge in [-0.05, 0) is 23.9 Å². The van der Waals surface area contributed by atoms with Gasteiger partial charge in [-0.2, -0.15) is 16.4 Å². The minimum atomic E-state index is -0.659. The number of amides is 1. The molecule has 0 aliphatic rings. The van der Waals surface area contributed by atoms with Gasteiger partial charge in [0.1, 0.15) is 0 Å². The van der Waals surface area contributed by atoms with Gasteiger partial charge in [-0.1, -0.05) is 30.3 Å². The normalized spacial score (nSPS) is 13.4. The van der Waals surface area contributed by atoms with Gasteiger partial charge in [0.25, 0.3) is 5.91 Å². The predicted molar refractivity (Wildman–Crippen MR) is 95.0 cm³/mol. The van der Waals surface area contributed by atoms with Gasteiger partial charge in [0, 0.05) is 17.4 Å². The summed E-state index contributed by atoms with van der Waals surface area (Å²) in [6.07, 6.45) is 1.34. The summed E-state index contributed by atoms with van der Waals surface area (Å²) in [7, 11) is 0. The number of aliphatic hydroxyl groups is 1. The van der Waals surface area contributed by atoms with E-state index in [-0.39, 0.29) is 11.9 Å². The van der Waals surface area contributed by atoms with E-state index in [9.17, 15) is 9.90 Å². The van der Waals surface area contributed by atoms with Crippen LogP contribution in [0, 0.1) is 0 Å². The van der Waals surface area contributed by atoms with Crippen LogP contribution in [0.5, 0.6) is 0 Å². The summed E-state index contributed by atoms with van der Waals surface area (Å²) in [5.74, 6) is -0.246. The van der Waals surface area contributed by atoms with E-state index in [0.29, 0.717) is 17.7 Å². The van der Waals surface area contributed by atoms with Crippen molar-refractivity contribution in [1.82, 2.24) is 15.5 Å². The first kappa shape index (κ1) is 16.4. The minimum Gasteiger partial charge on any atom is -0.391 e. The van der Waals surface area contributed by atoms with Crippen molar-refractivity contribution in [3.05, 3.63) is 64.5 Å². The highest BCUT2D eigenvalue weighted by atomic mass is 32.1.